The van der Waals surface area contributed by atoms with Gasteiger partial charge in [-0.25, -0.2) is 4.98 Å². The van der Waals surface area contributed by atoms with Gasteiger partial charge in [0.2, 0.25) is 0 Å². The van der Waals surface area contributed by atoms with Gasteiger partial charge in [0.05, 0.1) is 16.7 Å². The average molecular weight is 499 g/mol. The van der Waals surface area contributed by atoms with Crippen molar-refractivity contribution in [2.45, 2.75) is 6.54 Å². The van der Waals surface area contributed by atoms with Gasteiger partial charge in [-0.1, -0.05) is 12.1 Å². The fourth-order valence-corrected chi connectivity index (χ4v) is 5.26. The van der Waals surface area contributed by atoms with E-state index in [2.05, 4.69) is 49.2 Å². The minimum absolute atomic E-state index is 0.179. The van der Waals surface area contributed by atoms with Crippen LogP contribution in [-0.2, 0) is 6.54 Å². The van der Waals surface area contributed by atoms with Crippen LogP contribution in [0.4, 0.5) is 5.69 Å². The zero-order valence-corrected chi connectivity index (χ0v) is 20.7. The molecule has 0 unspecified atom stereocenters. The Morgan fingerprint density at radius 1 is 1.00 bits per heavy atom. The van der Waals surface area contributed by atoms with Crippen molar-refractivity contribution in [3.05, 3.63) is 80.8 Å². The van der Waals surface area contributed by atoms with Gasteiger partial charge in [0.15, 0.2) is 5.69 Å². The van der Waals surface area contributed by atoms with E-state index in [-0.39, 0.29) is 11.5 Å². The summed E-state index contributed by atoms with van der Waals surface area (Å²) in [4.78, 5) is 40.9. The first-order valence-electron chi connectivity index (χ1n) is 11.9. The van der Waals surface area contributed by atoms with Crippen molar-refractivity contribution >= 4 is 44.9 Å². The number of benzene rings is 2. The summed E-state index contributed by atoms with van der Waals surface area (Å²) < 4.78 is 0. The lowest BCUT2D eigenvalue weighted by atomic mass is 10.1. The predicted molar refractivity (Wildman–Crippen MR) is 145 cm³/mol. The topological polar surface area (TPSA) is 97.1 Å². The molecule has 1 amide bonds. The number of aromatic amines is 2. The standard InChI is InChI=1S/C27H26N6O2S/c1-32-8-10-33(11-9-32)14-17-2-5-20(6-3-17)28-26(34)18-4-7-21-19(12-18)13-22(29-21)25-27(35)31-24-16-36-15-23(24)30-25/h2-7,12-13,15-16,29H,8-11,14H2,1H3,(H,28,34)(H,31,35). The van der Waals surface area contributed by atoms with Crippen LogP contribution in [-0.4, -0.2) is 63.9 Å². The number of nitrogens with one attached hydrogen (secondary N) is 3. The molecule has 0 bridgehead atoms. The molecule has 1 aliphatic rings. The largest absolute Gasteiger partial charge is 0.353 e. The zero-order chi connectivity index (χ0) is 24.6. The van der Waals surface area contributed by atoms with Crippen molar-refractivity contribution in [2.75, 3.05) is 38.5 Å². The second kappa shape index (κ2) is 9.34. The van der Waals surface area contributed by atoms with Crippen molar-refractivity contribution in [1.29, 1.82) is 0 Å². The van der Waals surface area contributed by atoms with Crippen molar-refractivity contribution in [2.24, 2.45) is 0 Å². The Hall–Kier alpha value is -3.79. The molecule has 1 aliphatic heterocycles. The van der Waals surface area contributed by atoms with Gasteiger partial charge in [0, 0.05) is 65.6 Å². The van der Waals surface area contributed by atoms with Crippen molar-refractivity contribution < 1.29 is 4.79 Å². The molecule has 6 rings (SSSR count). The van der Waals surface area contributed by atoms with Crippen LogP contribution >= 0.6 is 11.3 Å². The number of aromatic nitrogens is 3. The quantitative estimate of drug-likeness (QED) is 0.339. The molecular formula is C27H26N6O2S. The van der Waals surface area contributed by atoms with Crippen LogP contribution < -0.4 is 10.9 Å². The molecule has 36 heavy (non-hydrogen) atoms. The van der Waals surface area contributed by atoms with E-state index in [9.17, 15) is 9.59 Å². The third-order valence-electron chi connectivity index (χ3n) is 6.69. The molecule has 2 aromatic carbocycles. The fraction of sp³-hybridized carbons (Fsp3) is 0.222. The van der Waals surface area contributed by atoms with Gasteiger partial charge in [0.1, 0.15) is 0 Å². The summed E-state index contributed by atoms with van der Waals surface area (Å²) in [7, 11) is 2.16. The fourth-order valence-electron chi connectivity index (χ4n) is 4.57. The number of carbonyl (C=O) groups excluding carboxylic acids is 1. The molecule has 182 valence electrons. The lowest BCUT2D eigenvalue weighted by Gasteiger charge is -2.32. The maximum atomic E-state index is 12.9. The first-order chi connectivity index (χ1) is 17.5. The summed E-state index contributed by atoms with van der Waals surface area (Å²) >= 11 is 1.49. The summed E-state index contributed by atoms with van der Waals surface area (Å²) in [6, 6.07) is 15.4. The summed E-state index contributed by atoms with van der Waals surface area (Å²) in [6.07, 6.45) is 0. The highest BCUT2D eigenvalue weighted by molar-refractivity contribution is 7.09. The van der Waals surface area contributed by atoms with E-state index < -0.39 is 0 Å². The number of hydrogen-bond donors (Lipinski definition) is 3. The van der Waals surface area contributed by atoms with E-state index in [0.717, 1.165) is 60.3 Å². The SMILES string of the molecule is CN1CCN(Cc2ccc(NC(=O)c3ccc4[nH]c(-c5nc6cscc6[nH]c5=O)cc4c3)cc2)CC1. The monoisotopic (exact) mass is 498 g/mol. The maximum absolute atomic E-state index is 12.9. The number of thiophene rings is 1. The normalized spacial score (nSPS) is 15.0. The first kappa shape index (κ1) is 22.7. The summed E-state index contributed by atoms with van der Waals surface area (Å²) in [5.41, 5.74) is 5.57. The number of amides is 1. The number of nitrogens with zero attached hydrogens (tertiary/aromatic N) is 3. The summed E-state index contributed by atoms with van der Waals surface area (Å²) in [6.45, 7) is 5.26. The molecule has 0 aliphatic carbocycles. The van der Waals surface area contributed by atoms with Gasteiger partial charge in [0.25, 0.3) is 11.5 Å². The molecular weight excluding hydrogens is 472 g/mol. The van der Waals surface area contributed by atoms with Crippen LogP contribution in [0.3, 0.4) is 0 Å². The summed E-state index contributed by atoms with van der Waals surface area (Å²) in [5.74, 6) is -0.179. The second-order valence-corrected chi connectivity index (χ2v) is 10.0. The molecule has 3 aromatic heterocycles. The molecule has 9 heteroatoms. The van der Waals surface area contributed by atoms with Crippen molar-refractivity contribution in [3.8, 4) is 11.4 Å². The number of rotatable bonds is 5. The third-order valence-corrected chi connectivity index (χ3v) is 7.42. The van der Waals surface area contributed by atoms with Crippen LogP contribution in [0, 0.1) is 0 Å². The molecule has 8 nitrogen and oxygen atoms in total. The minimum atomic E-state index is -0.249. The smallest absolute Gasteiger partial charge is 0.276 e. The Morgan fingerprint density at radius 2 is 1.81 bits per heavy atom. The van der Waals surface area contributed by atoms with Crippen LogP contribution in [0.5, 0.6) is 0 Å². The highest BCUT2D eigenvalue weighted by atomic mass is 32.1. The maximum Gasteiger partial charge on any atom is 0.276 e. The van der Waals surface area contributed by atoms with Gasteiger partial charge >= 0.3 is 0 Å². The molecule has 4 heterocycles. The number of likely N-dealkylation sites (N-methyl/N-ethyl adjacent to an activating group) is 1. The number of H-pyrrole nitrogens is 2. The Morgan fingerprint density at radius 3 is 2.61 bits per heavy atom. The Kier molecular flexibility index (Phi) is 5.88. The Bertz CT molecular complexity index is 1610. The van der Waals surface area contributed by atoms with E-state index in [1.54, 1.807) is 6.07 Å². The van der Waals surface area contributed by atoms with E-state index in [1.807, 2.05) is 41.1 Å². The highest BCUT2D eigenvalue weighted by Crippen LogP contribution is 2.24. The van der Waals surface area contributed by atoms with Gasteiger partial charge in [-0.15, -0.1) is 11.3 Å². The number of hydrogen-bond acceptors (Lipinski definition) is 6. The van der Waals surface area contributed by atoms with E-state index in [0.29, 0.717) is 17.0 Å². The van der Waals surface area contributed by atoms with E-state index in [4.69, 9.17) is 0 Å². The Balaban J connectivity index is 1.17. The van der Waals surface area contributed by atoms with Gasteiger partial charge < -0.3 is 20.2 Å². The first-order valence-corrected chi connectivity index (χ1v) is 12.9. The average Bonchev–Trinajstić information content (AvgIpc) is 3.52. The molecule has 0 saturated carbocycles. The lowest BCUT2D eigenvalue weighted by molar-refractivity contribution is 0.102. The Labute approximate surface area is 211 Å². The van der Waals surface area contributed by atoms with Gasteiger partial charge in [-0.2, -0.15) is 0 Å². The van der Waals surface area contributed by atoms with Crippen LogP contribution in [0.25, 0.3) is 33.3 Å². The molecule has 1 fully saturated rings. The minimum Gasteiger partial charge on any atom is -0.353 e. The second-order valence-electron chi connectivity index (χ2n) is 9.30. The number of piperazine rings is 1. The van der Waals surface area contributed by atoms with Crippen LogP contribution in [0.1, 0.15) is 15.9 Å². The van der Waals surface area contributed by atoms with E-state index in [1.165, 1.54) is 16.9 Å². The van der Waals surface area contributed by atoms with Crippen molar-refractivity contribution in [1.82, 2.24) is 24.8 Å². The lowest BCUT2D eigenvalue weighted by Crippen LogP contribution is -2.43. The molecule has 0 spiro atoms. The zero-order valence-electron chi connectivity index (χ0n) is 19.9. The third kappa shape index (κ3) is 4.56. The van der Waals surface area contributed by atoms with Gasteiger partial charge in [-0.05, 0) is 49.0 Å². The van der Waals surface area contributed by atoms with Crippen LogP contribution in [0.15, 0.2) is 64.1 Å². The van der Waals surface area contributed by atoms with E-state index >= 15 is 0 Å². The number of carbonyl (C=O) groups is 1. The number of fused-ring (bicyclic) bond motifs is 2. The predicted octanol–water partition coefficient (Wildman–Crippen LogP) is 4.13. The molecule has 3 N–H and O–H groups in total. The van der Waals surface area contributed by atoms with Crippen molar-refractivity contribution in [3.63, 3.8) is 0 Å². The highest BCUT2D eigenvalue weighted by Gasteiger charge is 2.15. The molecule has 5 aromatic rings. The summed E-state index contributed by atoms with van der Waals surface area (Å²) in [5, 5.41) is 7.60. The van der Waals surface area contributed by atoms with Gasteiger partial charge in [-0.3, -0.25) is 14.5 Å². The molecule has 0 atom stereocenters. The van der Waals surface area contributed by atoms with Crippen LogP contribution in [0.2, 0.25) is 0 Å². The number of anilines is 1. The molecule has 0 radical (unpaired) electrons. The molecule has 1 saturated heterocycles.